The minimum absolute atomic E-state index is 0.139. The fourth-order valence-electron chi connectivity index (χ4n) is 2.68. The minimum atomic E-state index is -0.251. The van der Waals surface area contributed by atoms with Gasteiger partial charge in [0.2, 0.25) is 0 Å². The third-order valence-electron chi connectivity index (χ3n) is 4.02. The first-order valence-corrected chi connectivity index (χ1v) is 9.80. The number of carbonyl (C=O) groups excluding carboxylic acids is 1. The Morgan fingerprint density at radius 1 is 1.10 bits per heavy atom. The summed E-state index contributed by atoms with van der Waals surface area (Å²) in [4.78, 5) is 16.7. The minimum Gasteiger partial charge on any atom is -0.493 e. The topological polar surface area (TPSA) is 59.9 Å². The molecule has 0 radical (unpaired) electrons. The van der Waals surface area contributed by atoms with Gasteiger partial charge in [0.25, 0.3) is 5.91 Å². The first-order valence-electron chi connectivity index (χ1n) is 9.01. The number of para-hydroxylation sites is 1. The number of carbonyl (C=O) groups is 1. The third kappa shape index (κ3) is 5.93. The van der Waals surface area contributed by atoms with E-state index in [1.165, 1.54) is 0 Å². The molecule has 0 fully saturated rings. The highest BCUT2D eigenvalue weighted by Gasteiger charge is 2.13. The number of rotatable bonds is 7. The summed E-state index contributed by atoms with van der Waals surface area (Å²) in [7, 11) is 1.56. The number of benzene rings is 3. The lowest BCUT2D eigenvalue weighted by atomic mass is 10.2. The summed E-state index contributed by atoms with van der Waals surface area (Å²) in [6.45, 7) is 1.83. The van der Waals surface area contributed by atoms with Crippen LogP contribution in [-0.2, 0) is 4.79 Å². The van der Waals surface area contributed by atoms with Crippen molar-refractivity contribution in [2.45, 2.75) is 6.92 Å². The second kappa shape index (κ2) is 9.89. The predicted octanol–water partition coefficient (Wildman–Crippen LogP) is 5.53. The number of amides is 1. The van der Waals surface area contributed by atoms with Crippen molar-refractivity contribution in [1.29, 1.82) is 0 Å². The van der Waals surface area contributed by atoms with Gasteiger partial charge < -0.3 is 14.8 Å². The zero-order valence-electron chi connectivity index (χ0n) is 16.2. The summed E-state index contributed by atoms with van der Waals surface area (Å²) >= 11 is 3.49. The summed E-state index contributed by atoms with van der Waals surface area (Å²) in [5.41, 5.74) is 3.50. The lowest BCUT2D eigenvalue weighted by Crippen LogP contribution is -2.20. The maximum atomic E-state index is 12.2. The highest BCUT2D eigenvalue weighted by molar-refractivity contribution is 9.10. The van der Waals surface area contributed by atoms with Crippen LogP contribution in [-0.4, -0.2) is 25.8 Å². The summed E-state index contributed by atoms with van der Waals surface area (Å²) in [5, 5.41) is 2.82. The molecule has 5 nitrogen and oxygen atoms in total. The first-order chi connectivity index (χ1) is 14.0. The van der Waals surface area contributed by atoms with E-state index < -0.39 is 0 Å². The van der Waals surface area contributed by atoms with E-state index in [9.17, 15) is 4.79 Å². The summed E-state index contributed by atoms with van der Waals surface area (Å²) in [5.74, 6) is 0.722. The van der Waals surface area contributed by atoms with E-state index in [2.05, 4.69) is 26.2 Å². The molecule has 0 saturated carbocycles. The van der Waals surface area contributed by atoms with Crippen LogP contribution in [0.2, 0.25) is 0 Å². The Kier molecular flexibility index (Phi) is 7.03. The maximum Gasteiger partial charge on any atom is 0.262 e. The quantitative estimate of drug-likeness (QED) is 0.479. The molecule has 0 unspecified atom stereocenters. The molecule has 3 aromatic carbocycles. The number of anilines is 1. The van der Waals surface area contributed by atoms with Crippen molar-refractivity contribution >= 4 is 39.4 Å². The zero-order valence-corrected chi connectivity index (χ0v) is 17.8. The van der Waals surface area contributed by atoms with Crippen molar-refractivity contribution in [3.63, 3.8) is 0 Å². The number of ether oxygens (including phenoxy) is 2. The molecule has 0 bridgehead atoms. The van der Waals surface area contributed by atoms with Gasteiger partial charge in [-0.2, -0.15) is 0 Å². The Hall–Kier alpha value is -3.12. The molecule has 0 atom stereocenters. The largest absolute Gasteiger partial charge is 0.493 e. The molecule has 6 heteroatoms. The normalized spacial score (nSPS) is 10.7. The highest BCUT2D eigenvalue weighted by atomic mass is 79.9. The van der Waals surface area contributed by atoms with Gasteiger partial charge in [-0.3, -0.25) is 9.79 Å². The predicted molar refractivity (Wildman–Crippen MR) is 120 cm³/mol. The first kappa shape index (κ1) is 20.6. The summed E-state index contributed by atoms with van der Waals surface area (Å²) < 4.78 is 11.8. The number of aliphatic imine (C=N–C) groups is 1. The van der Waals surface area contributed by atoms with Gasteiger partial charge in [0.15, 0.2) is 18.1 Å². The molecule has 0 saturated heterocycles. The lowest BCUT2D eigenvalue weighted by molar-refractivity contribution is -0.118. The van der Waals surface area contributed by atoms with Gasteiger partial charge in [0.05, 0.1) is 17.3 Å². The Morgan fingerprint density at radius 2 is 1.90 bits per heavy atom. The average molecular weight is 453 g/mol. The van der Waals surface area contributed by atoms with Crippen LogP contribution >= 0.6 is 15.9 Å². The number of nitrogens with zero attached hydrogens (tertiary/aromatic N) is 1. The molecular formula is C23H21BrN2O3. The summed E-state index contributed by atoms with van der Waals surface area (Å²) in [6, 6.07) is 20.9. The Bertz CT molecular complexity index is 1020. The standard InChI is InChI=1S/C23H21BrN2O3/c1-16-7-6-10-19(11-16)26-22(27)15-29-23-20(24)12-17(13-21(23)28-2)14-25-18-8-4-3-5-9-18/h3-14H,15H2,1-2H3,(H,26,27). The molecule has 0 heterocycles. The molecule has 3 rings (SSSR count). The van der Waals surface area contributed by atoms with Gasteiger partial charge in [-0.05, 0) is 70.4 Å². The summed E-state index contributed by atoms with van der Waals surface area (Å²) in [6.07, 6.45) is 1.75. The van der Waals surface area contributed by atoms with Crippen LogP contribution in [0.1, 0.15) is 11.1 Å². The van der Waals surface area contributed by atoms with E-state index in [1.807, 2.05) is 73.7 Å². The van der Waals surface area contributed by atoms with Gasteiger partial charge in [-0.15, -0.1) is 0 Å². The van der Waals surface area contributed by atoms with Gasteiger partial charge in [-0.25, -0.2) is 0 Å². The van der Waals surface area contributed by atoms with Crippen LogP contribution in [0.5, 0.6) is 11.5 Å². The fraction of sp³-hybridized carbons (Fsp3) is 0.130. The molecule has 0 spiro atoms. The van der Waals surface area contributed by atoms with Crippen LogP contribution < -0.4 is 14.8 Å². The SMILES string of the molecule is COc1cc(C=Nc2ccccc2)cc(Br)c1OCC(=O)Nc1cccc(C)c1. The van der Waals surface area contributed by atoms with Crippen molar-refractivity contribution in [3.8, 4) is 11.5 Å². The number of halogens is 1. The molecule has 0 aliphatic rings. The lowest BCUT2D eigenvalue weighted by Gasteiger charge is -2.13. The van der Waals surface area contributed by atoms with Gasteiger partial charge >= 0.3 is 0 Å². The van der Waals surface area contributed by atoms with E-state index in [4.69, 9.17) is 9.47 Å². The van der Waals surface area contributed by atoms with Crippen molar-refractivity contribution in [1.82, 2.24) is 0 Å². The molecular weight excluding hydrogens is 432 g/mol. The van der Waals surface area contributed by atoms with Crippen LogP contribution in [0.15, 0.2) is 76.2 Å². The molecule has 3 aromatic rings. The molecule has 0 aliphatic heterocycles. The second-order valence-electron chi connectivity index (χ2n) is 6.33. The number of aryl methyl sites for hydroxylation is 1. The number of nitrogens with one attached hydrogen (secondary N) is 1. The number of methoxy groups -OCH3 is 1. The molecule has 1 N–H and O–H groups in total. The smallest absolute Gasteiger partial charge is 0.262 e. The van der Waals surface area contributed by atoms with Gasteiger partial charge in [0.1, 0.15) is 0 Å². The van der Waals surface area contributed by atoms with Crippen LogP contribution in [0.4, 0.5) is 11.4 Å². The Balaban J connectivity index is 1.69. The molecule has 1 amide bonds. The number of hydrogen-bond acceptors (Lipinski definition) is 4. The highest BCUT2D eigenvalue weighted by Crippen LogP contribution is 2.36. The molecule has 0 aromatic heterocycles. The monoisotopic (exact) mass is 452 g/mol. The Labute approximate surface area is 178 Å². The van der Waals surface area contributed by atoms with E-state index in [0.717, 1.165) is 22.5 Å². The average Bonchev–Trinajstić information content (AvgIpc) is 2.72. The zero-order chi connectivity index (χ0) is 20.6. The van der Waals surface area contributed by atoms with E-state index in [-0.39, 0.29) is 12.5 Å². The van der Waals surface area contributed by atoms with E-state index in [0.29, 0.717) is 16.0 Å². The van der Waals surface area contributed by atoms with Gasteiger partial charge in [0, 0.05) is 11.9 Å². The Morgan fingerprint density at radius 3 is 2.62 bits per heavy atom. The number of hydrogen-bond donors (Lipinski definition) is 1. The fourth-order valence-corrected chi connectivity index (χ4v) is 3.25. The van der Waals surface area contributed by atoms with Gasteiger partial charge in [-0.1, -0.05) is 30.3 Å². The van der Waals surface area contributed by atoms with E-state index in [1.54, 1.807) is 13.3 Å². The third-order valence-corrected chi connectivity index (χ3v) is 4.61. The van der Waals surface area contributed by atoms with Crippen LogP contribution in [0.3, 0.4) is 0 Å². The molecule has 148 valence electrons. The van der Waals surface area contributed by atoms with Crippen molar-refractivity contribution < 1.29 is 14.3 Å². The maximum absolute atomic E-state index is 12.2. The van der Waals surface area contributed by atoms with Crippen LogP contribution in [0.25, 0.3) is 0 Å². The molecule has 0 aliphatic carbocycles. The second-order valence-corrected chi connectivity index (χ2v) is 7.19. The van der Waals surface area contributed by atoms with Crippen molar-refractivity contribution in [2.75, 3.05) is 19.0 Å². The van der Waals surface area contributed by atoms with E-state index >= 15 is 0 Å². The van der Waals surface area contributed by atoms with Crippen molar-refractivity contribution in [3.05, 3.63) is 82.3 Å². The van der Waals surface area contributed by atoms with Crippen molar-refractivity contribution in [2.24, 2.45) is 4.99 Å². The van der Waals surface area contributed by atoms with Crippen LogP contribution in [0, 0.1) is 6.92 Å². The molecule has 29 heavy (non-hydrogen) atoms.